The summed E-state index contributed by atoms with van der Waals surface area (Å²) in [5, 5.41) is 2.98. The van der Waals surface area contributed by atoms with Gasteiger partial charge in [0, 0.05) is 11.3 Å². The summed E-state index contributed by atoms with van der Waals surface area (Å²) < 4.78 is 0. The fourth-order valence-corrected chi connectivity index (χ4v) is 2.65. The van der Waals surface area contributed by atoms with Crippen LogP contribution in [0.15, 0.2) is 48.5 Å². The first-order valence-electron chi connectivity index (χ1n) is 7.50. The van der Waals surface area contributed by atoms with Crippen molar-refractivity contribution >= 4 is 11.6 Å². The van der Waals surface area contributed by atoms with E-state index >= 15 is 0 Å². The Hall–Kier alpha value is -2.09. The Kier molecular flexibility index (Phi) is 4.79. The number of carbonyl (C=O) groups is 1. The number of benzene rings is 2. The Bertz CT molecular complexity index is 615. The second-order valence-electron chi connectivity index (χ2n) is 5.94. The standard InChI is InChI=1S/C19H23NO/c1-13(2)16-11-8-12-17(18(16)14(3)4)19(21)20-15-9-6-5-7-10-15/h5-14H,1-4H3,(H,20,21). The molecule has 2 aromatic carbocycles. The Morgan fingerprint density at radius 2 is 1.52 bits per heavy atom. The van der Waals surface area contributed by atoms with Gasteiger partial charge in [0.05, 0.1) is 0 Å². The van der Waals surface area contributed by atoms with Gasteiger partial charge in [-0.1, -0.05) is 58.0 Å². The number of hydrogen-bond acceptors (Lipinski definition) is 1. The first-order chi connectivity index (χ1) is 10.0. The molecule has 0 radical (unpaired) electrons. The molecule has 2 rings (SSSR count). The predicted molar refractivity (Wildman–Crippen MR) is 89.0 cm³/mol. The van der Waals surface area contributed by atoms with Crippen LogP contribution in [0.1, 0.15) is 61.0 Å². The first-order valence-corrected chi connectivity index (χ1v) is 7.50. The van der Waals surface area contributed by atoms with E-state index < -0.39 is 0 Å². The minimum absolute atomic E-state index is 0.0348. The highest BCUT2D eigenvalue weighted by atomic mass is 16.1. The van der Waals surface area contributed by atoms with E-state index in [0.29, 0.717) is 11.8 Å². The van der Waals surface area contributed by atoms with Crippen molar-refractivity contribution in [1.82, 2.24) is 0 Å². The number of anilines is 1. The summed E-state index contributed by atoms with van der Waals surface area (Å²) in [6, 6.07) is 15.6. The monoisotopic (exact) mass is 281 g/mol. The van der Waals surface area contributed by atoms with Crippen LogP contribution in [0.3, 0.4) is 0 Å². The summed E-state index contributed by atoms with van der Waals surface area (Å²) in [5.74, 6) is 0.694. The lowest BCUT2D eigenvalue weighted by Gasteiger charge is -2.20. The van der Waals surface area contributed by atoms with Crippen molar-refractivity contribution < 1.29 is 4.79 Å². The van der Waals surface area contributed by atoms with Crippen LogP contribution in [-0.2, 0) is 0 Å². The maximum absolute atomic E-state index is 12.6. The summed E-state index contributed by atoms with van der Waals surface area (Å²) in [7, 11) is 0. The third-order valence-corrected chi connectivity index (χ3v) is 3.62. The maximum atomic E-state index is 12.6. The van der Waals surface area contributed by atoms with E-state index in [-0.39, 0.29) is 5.91 Å². The fourth-order valence-electron chi connectivity index (χ4n) is 2.65. The molecule has 0 aliphatic heterocycles. The number of para-hydroxylation sites is 1. The molecule has 0 heterocycles. The van der Waals surface area contributed by atoms with Gasteiger partial charge >= 0.3 is 0 Å². The Morgan fingerprint density at radius 3 is 2.10 bits per heavy atom. The molecular formula is C19H23NO. The van der Waals surface area contributed by atoms with Gasteiger partial charge < -0.3 is 5.32 Å². The highest BCUT2D eigenvalue weighted by Gasteiger charge is 2.18. The minimum Gasteiger partial charge on any atom is -0.322 e. The van der Waals surface area contributed by atoms with Crippen molar-refractivity contribution in [2.24, 2.45) is 0 Å². The quantitative estimate of drug-likeness (QED) is 0.821. The van der Waals surface area contributed by atoms with Gasteiger partial charge in [0.2, 0.25) is 0 Å². The molecule has 21 heavy (non-hydrogen) atoms. The average molecular weight is 281 g/mol. The smallest absolute Gasteiger partial charge is 0.255 e. The SMILES string of the molecule is CC(C)c1cccc(C(=O)Nc2ccccc2)c1C(C)C. The molecule has 0 saturated carbocycles. The molecular weight excluding hydrogens is 258 g/mol. The van der Waals surface area contributed by atoms with Gasteiger partial charge in [-0.3, -0.25) is 4.79 Å². The largest absolute Gasteiger partial charge is 0.322 e. The Balaban J connectivity index is 2.39. The zero-order valence-electron chi connectivity index (χ0n) is 13.2. The van der Waals surface area contributed by atoms with Gasteiger partial charge in [0.1, 0.15) is 0 Å². The summed E-state index contributed by atoms with van der Waals surface area (Å²) in [6.45, 7) is 8.61. The van der Waals surface area contributed by atoms with E-state index in [4.69, 9.17) is 0 Å². The van der Waals surface area contributed by atoms with Crippen molar-refractivity contribution in [2.45, 2.75) is 39.5 Å². The van der Waals surface area contributed by atoms with Crippen LogP contribution >= 0.6 is 0 Å². The van der Waals surface area contributed by atoms with Crippen molar-refractivity contribution in [3.8, 4) is 0 Å². The molecule has 0 fully saturated rings. The lowest BCUT2D eigenvalue weighted by atomic mass is 9.86. The third-order valence-electron chi connectivity index (χ3n) is 3.62. The number of rotatable bonds is 4. The van der Waals surface area contributed by atoms with Crippen LogP contribution in [0.5, 0.6) is 0 Å². The molecule has 0 spiro atoms. The number of carbonyl (C=O) groups excluding carboxylic acids is 1. The Labute approximate surface area is 127 Å². The van der Waals surface area contributed by atoms with Crippen LogP contribution in [0.2, 0.25) is 0 Å². The van der Waals surface area contributed by atoms with Crippen molar-refractivity contribution in [3.63, 3.8) is 0 Å². The topological polar surface area (TPSA) is 29.1 Å². The van der Waals surface area contributed by atoms with Crippen LogP contribution in [0.4, 0.5) is 5.69 Å². The summed E-state index contributed by atoms with van der Waals surface area (Å²) >= 11 is 0. The fraction of sp³-hybridized carbons (Fsp3) is 0.316. The van der Waals surface area contributed by atoms with Crippen molar-refractivity contribution in [2.75, 3.05) is 5.32 Å². The third kappa shape index (κ3) is 3.52. The molecule has 0 aliphatic carbocycles. The first kappa shape index (κ1) is 15.3. The van der Waals surface area contributed by atoms with Crippen LogP contribution in [0, 0.1) is 0 Å². The molecule has 0 saturated heterocycles. The molecule has 2 nitrogen and oxygen atoms in total. The van der Waals surface area contributed by atoms with Crippen LogP contribution < -0.4 is 5.32 Å². The number of amides is 1. The molecule has 2 heteroatoms. The van der Waals surface area contributed by atoms with E-state index in [0.717, 1.165) is 16.8 Å². The molecule has 0 atom stereocenters. The summed E-state index contributed by atoms with van der Waals surface area (Å²) in [6.07, 6.45) is 0. The molecule has 0 unspecified atom stereocenters. The maximum Gasteiger partial charge on any atom is 0.255 e. The van der Waals surface area contributed by atoms with Gasteiger partial charge in [-0.15, -0.1) is 0 Å². The second-order valence-corrected chi connectivity index (χ2v) is 5.94. The summed E-state index contributed by atoms with van der Waals surface area (Å²) in [4.78, 5) is 12.6. The second kappa shape index (κ2) is 6.57. The van der Waals surface area contributed by atoms with Gasteiger partial charge in [-0.25, -0.2) is 0 Å². The van der Waals surface area contributed by atoms with Crippen molar-refractivity contribution in [1.29, 1.82) is 0 Å². The van der Waals surface area contributed by atoms with E-state index in [1.54, 1.807) is 0 Å². The molecule has 110 valence electrons. The zero-order valence-corrected chi connectivity index (χ0v) is 13.2. The van der Waals surface area contributed by atoms with E-state index in [2.05, 4.69) is 39.1 Å². The van der Waals surface area contributed by atoms with Gasteiger partial charge in [0.25, 0.3) is 5.91 Å². The van der Waals surface area contributed by atoms with E-state index in [1.807, 2.05) is 42.5 Å². The van der Waals surface area contributed by atoms with Crippen molar-refractivity contribution in [3.05, 3.63) is 65.2 Å². The van der Waals surface area contributed by atoms with Gasteiger partial charge in [-0.2, -0.15) is 0 Å². The summed E-state index contributed by atoms with van der Waals surface area (Å²) in [5.41, 5.74) is 4.01. The van der Waals surface area contributed by atoms with Gasteiger partial charge in [-0.05, 0) is 41.2 Å². The molecule has 0 aliphatic rings. The average Bonchev–Trinajstić information content (AvgIpc) is 2.47. The predicted octanol–water partition coefficient (Wildman–Crippen LogP) is 5.19. The van der Waals surface area contributed by atoms with Gasteiger partial charge in [0.15, 0.2) is 0 Å². The highest BCUT2D eigenvalue weighted by Crippen LogP contribution is 2.29. The lowest BCUT2D eigenvalue weighted by molar-refractivity contribution is 0.102. The Morgan fingerprint density at radius 1 is 0.857 bits per heavy atom. The van der Waals surface area contributed by atoms with Crippen LogP contribution in [0.25, 0.3) is 0 Å². The minimum atomic E-state index is -0.0348. The van der Waals surface area contributed by atoms with E-state index in [1.165, 1.54) is 5.56 Å². The van der Waals surface area contributed by atoms with Crippen LogP contribution in [-0.4, -0.2) is 5.91 Å². The van der Waals surface area contributed by atoms with E-state index in [9.17, 15) is 4.79 Å². The zero-order chi connectivity index (χ0) is 15.4. The molecule has 0 aromatic heterocycles. The lowest BCUT2D eigenvalue weighted by Crippen LogP contribution is -2.16. The molecule has 1 amide bonds. The number of hydrogen-bond donors (Lipinski definition) is 1. The molecule has 1 N–H and O–H groups in total. The normalized spacial score (nSPS) is 11.0. The highest BCUT2D eigenvalue weighted by molar-refractivity contribution is 6.05. The molecule has 0 bridgehead atoms. The molecule has 2 aromatic rings. The number of nitrogens with one attached hydrogen (secondary N) is 1.